The molecule has 0 aliphatic carbocycles. The standard InChI is InChI=1S/C17H29NO2Si/c1-11(2)21(12(3)4,13(5)6)10-9-16(19)17-14(7)18-20-15(17)8/h11-13,16,19H,1-8H3. The van der Waals surface area contributed by atoms with E-state index in [4.69, 9.17) is 4.52 Å². The van der Waals surface area contributed by atoms with E-state index in [-0.39, 0.29) is 0 Å². The van der Waals surface area contributed by atoms with Crippen molar-refractivity contribution in [2.24, 2.45) is 0 Å². The summed E-state index contributed by atoms with van der Waals surface area (Å²) in [6.07, 6.45) is -0.806. The molecule has 1 unspecified atom stereocenters. The summed E-state index contributed by atoms with van der Waals surface area (Å²) in [7, 11) is -1.81. The van der Waals surface area contributed by atoms with Gasteiger partial charge in [0.05, 0.1) is 11.3 Å². The summed E-state index contributed by atoms with van der Waals surface area (Å²) in [6.45, 7) is 17.3. The van der Waals surface area contributed by atoms with Crippen molar-refractivity contribution in [1.29, 1.82) is 0 Å². The van der Waals surface area contributed by atoms with E-state index in [2.05, 4.69) is 58.2 Å². The van der Waals surface area contributed by atoms with Gasteiger partial charge in [0.2, 0.25) is 0 Å². The van der Waals surface area contributed by atoms with Crippen LogP contribution < -0.4 is 0 Å². The Hall–Kier alpha value is -1.05. The quantitative estimate of drug-likeness (QED) is 0.656. The number of rotatable bonds is 4. The maximum atomic E-state index is 10.4. The lowest BCUT2D eigenvalue weighted by Crippen LogP contribution is -2.43. The van der Waals surface area contributed by atoms with Gasteiger partial charge in [-0.3, -0.25) is 0 Å². The van der Waals surface area contributed by atoms with Crippen LogP contribution in [0.15, 0.2) is 4.52 Å². The summed E-state index contributed by atoms with van der Waals surface area (Å²) in [5.41, 5.74) is 6.66. The molecule has 0 amide bonds. The lowest BCUT2D eigenvalue weighted by Gasteiger charge is -2.38. The van der Waals surface area contributed by atoms with Crippen molar-refractivity contribution >= 4 is 8.07 Å². The Morgan fingerprint density at radius 1 is 1.00 bits per heavy atom. The molecule has 1 atom stereocenters. The number of aryl methyl sites for hydroxylation is 2. The van der Waals surface area contributed by atoms with E-state index in [1.807, 2.05) is 13.8 Å². The van der Waals surface area contributed by atoms with Crippen molar-refractivity contribution < 1.29 is 9.63 Å². The van der Waals surface area contributed by atoms with E-state index in [0.717, 1.165) is 11.3 Å². The Kier molecular flexibility index (Phi) is 5.83. The molecule has 0 aliphatic rings. The molecule has 0 bridgehead atoms. The highest BCUT2D eigenvalue weighted by Gasteiger charge is 2.41. The molecule has 1 N–H and O–H groups in total. The van der Waals surface area contributed by atoms with E-state index in [9.17, 15) is 5.11 Å². The molecule has 4 heteroatoms. The second-order valence-electron chi connectivity index (χ2n) is 6.81. The zero-order valence-electron chi connectivity index (χ0n) is 14.6. The van der Waals surface area contributed by atoms with Crippen LogP contribution in [-0.4, -0.2) is 18.3 Å². The first-order valence-corrected chi connectivity index (χ1v) is 10.0. The van der Waals surface area contributed by atoms with Gasteiger partial charge in [-0.25, -0.2) is 0 Å². The molecule has 0 fully saturated rings. The molecule has 118 valence electrons. The highest BCUT2D eigenvalue weighted by molar-refractivity contribution is 6.90. The zero-order valence-corrected chi connectivity index (χ0v) is 15.6. The maximum Gasteiger partial charge on any atom is 0.146 e. The third-order valence-corrected chi connectivity index (χ3v) is 11.0. The number of hydrogen-bond acceptors (Lipinski definition) is 3. The predicted molar refractivity (Wildman–Crippen MR) is 89.8 cm³/mol. The second kappa shape index (κ2) is 6.80. The largest absolute Gasteiger partial charge is 0.376 e. The predicted octanol–water partition coefficient (Wildman–Crippen LogP) is 4.55. The van der Waals surface area contributed by atoms with Crippen LogP contribution in [0.25, 0.3) is 0 Å². The Morgan fingerprint density at radius 3 is 1.81 bits per heavy atom. The normalized spacial score (nSPS) is 13.7. The van der Waals surface area contributed by atoms with E-state index in [1.165, 1.54) is 0 Å². The summed E-state index contributed by atoms with van der Waals surface area (Å²) in [5, 5.41) is 14.3. The van der Waals surface area contributed by atoms with Crippen LogP contribution in [0.5, 0.6) is 0 Å². The summed E-state index contributed by atoms with van der Waals surface area (Å²) in [4.78, 5) is 0. The topological polar surface area (TPSA) is 46.3 Å². The number of aliphatic hydroxyl groups is 1. The molecule has 1 rings (SSSR count). The van der Waals surface area contributed by atoms with Gasteiger partial charge in [0.25, 0.3) is 0 Å². The minimum Gasteiger partial charge on any atom is -0.376 e. The van der Waals surface area contributed by atoms with Gasteiger partial charge >= 0.3 is 0 Å². The molecule has 21 heavy (non-hydrogen) atoms. The summed E-state index contributed by atoms with van der Waals surface area (Å²) >= 11 is 0. The van der Waals surface area contributed by atoms with Crippen LogP contribution in [0, 0.1) is 25.3 Å². The lowest BCUT2D eigenvalue weighted by atomic mass is 10.1. The van der Waals surface area contributed by atoms with E-state index in [1.54, 1.807) is 0 Å². The molecule has 3 nitrogen and oxygen atoms in total. The van der Waals surface area contributed by atoms with Gasteiger partial charge < -0.3 is 9.63 Å². The van der Waals surface area contributed by atoms with Gasteiger partial charge in [-0.1, -0.05) is 52.6 Å². The first-order chi connectivity index (χ1) is 9.64. The molecule has 1 heterocycles. The van der Waals surface area contributed by atoms with E-state index >= 15 is 0 Å². The number of hydrogen-bond donors (Lipinski definition) is 1. The van der Waals surface area contributed by atoms with Crippen molar-refractivity contribution in [3.8, 4) is 11.5 Å². The zero-order chi connectivity index (χ0) is 16.4. The summed E-state index contributed by atoms with van der Waals surface area (Å²) < 4.78 is 5.12. The fourth-order valence-electron chi connectivity index (χ4n) is 3.58. The van der Waals surface area contributed by atoms with Gasteiger partial charge in [0, 0.05) is 0 Å². The van der Waals surface area contributed by atoms with Crippen LogP contribution in [0.3, 0.4) is 0 Å². The van der Waals surface area contributed by atoms with Crippen LogP contribution in [0.1, 0.15) is 64.7 Å². The highest BCUT2D eigenvalue weighted by Crippen LogP contribution is 2.41. The SMILES string of the molecule is Cc1noc(C)c1C(O)C#C[Si](C(C)C)(C(C)C)C(C)C. The molecule has 0 saturated heterocycles. The second-order valence-corrected chi connectivity index (χ2v) is 12.4. The molecule has 0 saturated carbocycles. The maximum absolute atomic E-state index is 10.4. The molecule has 1 aromatic rings. The molecule has 1 aromatic heterocycles. The van der Waals surface area contributed by atoms with Crippen molar-refractivity contribution in [3.63, 3.8) is 0 Å². The van der Waals surface area contributed by atoms with Crippen molar-refractivity contribution in [1.82, 2.24) is 5.16 Å². The third kappa shape index (κ3) is 3.41. The smallest absolute Gasteiger partial charge is 0.146 e. The van der Waals surface area contributed by atoms with E-state index in [0.29, 0.717) is 22.4 Å². The minimum atomic E-state index is -1.81. The van der Waals surface area contributed by atoms with Gasteiger partial charge in [-0.05, 0) is 30.5 Å². The molecule has 0 radical (unpaired) electrons. The lowest BCUT2D eigenvalue weighted by molar-refractivity contribution is 0.235. The van der Waals surface area contributed by atoms with Gasteiger partial charge in [-0.2, -0.15) is 0 Å². The molecular formula is C17H29NO2Si. The van der Waals surface area contributed by atoms with Crippen molar-refractivity contribution in [2.75, 3.05) is 0 Å². The Bertz CT molecular complexity index is 493. The monoisotopic (exact) mass is 307 g/mol. The Balaban J connectivity index is 3.23. The average molecular weight is 308 g/mol. The fraction of sp³-hybridized carbons (Fsp3) is 0.706. The average Bonchev–Trinajstić information content (AvgIpc) is 2.68. The summed E-state index contributed by atoms with van der Waals surface area (Å²) in [5.74, 6) is 3.77. The third-order valence-electron chi connectivity index (χ3n) is 4.65. The number of aliphatic hydroxyl groups excluding tert-OH is 1. The number of nitrogens with zero attached hydrogens (tertiary/aromatic N) is 1. The summed E-state index contributed by atoms with van der Waals surface area (Å²) in [6, 6.07) is 0. The van der Waals surface area contributed by atoms with Crippen LogP contribution in [-0.2, 0) is 0 Å². The molecular weight excluding hydrogens is 278 g/mol. The first-order valence-electron chi connectivity index (χ1n) is 7.78. The van der Waals surface area contributed by atoms with Gasteiger partial charge in [0.15, 0.2) is 0 Å². The number of aromatic nitrogens is 1. The van der Waals surface area contributed by atoms with Crippen LogP contribution in [0.4, 0.5) is 0 Å². The van der Waals surface area contributed by atoms with Crippen molar-refractivity contribution in [3.05, 3.63) is 17.0 Å². The minimum absolute atomic E-state index is 0.557. The van der Waals surface area contributed by atoms with Crippen LogP contribution in [0.2, 0.25) is 16.6 Å². The van der Waals surface area contributed by atoms with Gasteiger partial charge in [0.1, 0.15) is 19.9 Å². The molecule has 0 aliphatic heterocycles. The molecule has 0 spiro atoms. The molecule has 0 aromatic carbocycles. The highest BCUT2D eigenvalue weighted by atomic mass is 28.3. The van der Waals surface area contributed by atoms with E-state index < -0.39 is 14.2 Å². The van der Waals surface area contributed by atoms with Gasteiger partial charge in [-0.15, -0.1) is 5.54 Å². The Morgan fingerprint density at radius 2 is 1.48 bits per heavy atom. The van der Waals surface area contributed by atoms with Crippen molar-refractivity contribution in [2.45, 2.75) is 78.1 Å². The fourth-order valence-corrected chi connectivity index (χ4v) is 8.83. The Labute approximate surface area is 130 Å². The first kappa shape index (κ1) is 18.0. The van der Waals surface area contributed by atoms with Crippen LogP contribution >= 0.6 is 0 Å².